The number of aliphatic hydroxyl groups is 1. The molecule has 0 amide bonds. The first-order valence-corrected chi connectivity index (χ1v) is 5.17. The third-order valence-corrected chi connectivity index (χ3v) is 2.68. The van der Waals surface area contributed by atoms with Crippen molar-refractivity contribution in [3.63, 3.8) is 0 Å². The highest BCUT2D eigenvalue weighted by molar-refractivity contribution is 5.69. The molecule has 1 aromatic rings. The van der Waals surface area contributed by atoms with Crippen molar-refractivity contribution in [2.75, 3.05) is 13.6 Å². The van der Waals surface area contributed by atoms with Gasteiger partial charge in [-0.3, -0.25) is 9.69 Å². The van der Waals surface area contributed by atoms with Gasteiger partial charge in [0, 0.05) is 6.04 Å². The lowest BCUT2D eigenvalue weighted by Gasteiger charge is -2.27. The summed E-state index contributed by atoms with van der Waals surface area (Å²) in [6.45, 7) is 1.73. The first-order chi connectivity index (χ1) is 7.52. The van der Waals surface area contributed by atoms with Crippen LogP contribution in [0, 0.1) is 0 Å². The molecule has 0 heterocycles. The Morgan fingerprint density at radius 3 is 2.44 bits per heavy atom. The lowest BCUT2D eigenvalue weighted by molar-refractivity contribution is -0.138. The molecule has 0 unspecified atom stereocenters. The van der Waals surface area contributed by atoms with Crippen LogP contribution in [0.15, 0.2) is 30.3 Å². The van der Waals surface area contributed by atoms with Crippen molar-refractivity contribution in [2.45, 2.75) is 19.1 Å². The minimum absolute atomic E-state index is 0.0783. The van der Waals surface area contributed by atoms with Crippen molar-refractivity contribution < 1.29 is 15.0 Å². The van der Waals surface area contributed by atoms with Gasteiger partial charge in [-0.15, -0.1) is 0 Å². The van der Waals surface area contributed by atoms with Crippen molar-refractivity contribution in [1.82, 2.24) is 4.90 Å². The number of hydrogen-bond acceptors (Lipinski definition) is 3. The quantitative estimate of drug-likeness (QED) is 0.785. The third kappa shape index (κ3) is 3.32. The Bertz CT molecular complexity index is 339. The predicted molar refractivity (Wildman–Crippen MR) is 61.1 cm³/mol. The smallest absolute Gasteiger partial charge is 0.317 e. The summed E-state index contributed by atoms with van der Waals surface area (Å²) >= 11 is 0. The van der Waals surface area contributed by atoms with Gasteiger partial charge >= 0.3 is 5.97 Å². The highest BCUT2D eigenvalue weighted by atomic mass is 16.4. The van der Waals surface area contributed by atoms with E-state index in [4.69, 9.17) is 5.11 Å². The predicted octanol–water partition coefficient (Wildman–Crippen LogP) is 1.12. The number of likely N-dealkylation sites (N-methyl/N-ethyl adjacent to an activating group) is 1. The first kappa shape index (κ1) is 12.7. The number of hydrogen-bond donors (Lipinski definition) is 2. The van der Waals surface area contributed by atoms with Gasteiger partial charge in [0.25, 0.3) is 0 Å². The molecule has 0 radical (unpaired) electrons. The molecule has 0 fully saturated rings. The van der Waals surface area contributed by atoms with Gasteiger partial charge in [0.2, 0.25) is 0 Å². The number of carboxylic acids is 1. The summed E-state index contributed by atoms with van der Waals surface area (Å²) < 4.78 is 0. The fraction of sp³-hybridized carbons (Fsp3) is 0.417. The van der Waals surface area contributed by atoms with Crippen LogP contribution in [-0.2, 0) is 4.79 Å². The highest BCUT2D eigenvalue weighted by Crippen LogP contribution is 2.19. The van der Waals surface area contributed by atoms with E-state index in [2.05, 4.69) is 0 Å². The maximum atomic E-state index is 10.5. The second kappa shape index (κ2) is 5.63. The molecular weight excluding hydrogens is 206 g/mol. The SMILES string of the molecule is C[C@H]([C@H](O)c1ccccc1)N(C)CC(=O)O. The minimum Gasteiger partial charge on any atom is -0.480 e. The zero-order valence-corrected chi connectivity index (χ0v) is 9.50. The second-order valence-electron chi connectivity index (χ2n) is 3.90. The summed E-state index contributed by atoms with van der Waals surface area (Å²) in [6.07, 6.45) is -0.675. The Morgan fingerprint density at radius 2 is 1.94 bits per heavy atom. The normalized spacial score (nSPS) is 14.8. The van der Waals surface area contributed by atoms with E-state index in [-0.39, 0.29) is 12.6 Å². The number of rotatable bonds is 5. The average Bonchev–Trinajstić information content (AvgIpc) is 2.27. The highest BCUT2D eigenvalue weighted by Gasteiger charge is 2.21. The molecule has 1 rings (SSSR count). The molecule has 4 heteroatoms. The lowest BCUT2D eigenvalue weighted by Crippen LogP contribution is -2.37. The summed E-state index contributed by atoms with van der Waals surface area (Å²) in [7, 11) is 1.69. The standard InChI is InChI=1S/C12H17NO3/c1-9(13(2)8-11(14)15)12(16)10-6-4-3-5-7-10/h3-7,9,12,16H,8H2,1-2H3,(H,14,15)/t9-,12+/m1/s1. The second-order valence-corrected chi connectivity index (χ2v) is 3.90. The maximum absolute atomic E-state index is 10.5. The van der Waals surface area contributed by atoms with Crippen LogP contribution in [0.4, 0.5) is 0 Å². The van der Waals surface area contributed by atoms with E-state index in [9.17, 15) is 9.90 Å². The average molecular weight is 223 g/mol. The molecule has 0 saturated carbocycles. The molecule has 4 nitrogen and oxygen atoms in total. The summed E-state index contributed by atoms with van der Waals surface area (Å²) in [6, 6.07) is 9.00. The zero-order valence-electron chi connectivity index (χ0n) is 9.50. The zero-order chi connectivity index (χ0) is 12.1. The fourth-order valence-corrected chi connectivity index (χ4v) is 1.53. The van der Waals surface area contributed by atoms with Crippen molar-refractivity contribution in [1.29, 1.82) is 0 Å². The summed E-state index contributed by atoms with van der Waals surface area (Å²) in [5.41, 5.74) is 0.798. The van der Waals surface area contributed by atoms with Crippen LogP contribution in [0.3, 0.4) is 0 Å². The lowest BCUT2D eigenvalue weighted by atomic mass is 10.0. The molecular formula is C12H17NO3. The van der Waals surface area contributed by atoms with Gasteiger partial charge in [-0.05, 0) is 19.5 Å². The van der Waals surface area contributed by atoms with Gasteiger partial charge in [0.15, 0.2) is 0 Å². The van der Waals surface area contributed by atoms with Crippen LogP contribution in [0.2, 0.25) is 0 Å². The molecule has 0 aromatic heterocycles. The van der Waals surface area contributed by atoms with Gasteiger partial charge < -0.3 is 10.2 Å². The van der Waals surface area contributed by atoms with Crippen LogP contribution >= 0.6 is 0 Å². The van der Waals surface area contributed by atoms with Gasteiger partial charge in [-0.1, -0.05) is 30.3 Å². The number of nitrogens with zero attached hydrogens (tertiary/aromatic N) is 1. The Balaban J connectivity index is 2.67. The van der Waals surface area contributed by atoms with Crippen molar-refractivity contribution in [2.24, 2.45) is 0 Å². The van der Waals surface area contributed by atoms with E-state index in [0.717, 1.165) is 5.56 Å². The molecule has 0 bridgehead atoms. The molecule has 0 aliphatic rings. The van der Waals surface area contributed by atoms with Gasteiger partial charge in [0.1, 0.15) is 0 Å². The number of aliphatic hydroxyl groups excluding tert-OH is 1. The number of carbonyl (C=O) groups is 1. The van der Waals surface area contributed by atoms with Crippen molar-refractivity contribution in [3.8, 4) is 0 Å². The van der Waals surface area contributed by atoms with Gasteiger partial charge in [-0.25, -0.2) is 0 Å². The molecule has 1 aromatic carbocycles. The summed E-state index contributed by atoms with van der Waals surface area (Å²) in [4.78, 5) is 12.2. The monoisotopic (exact) mass is 223 g/mol. The van der Waals surface area contributed by atoms with E-state index in [1.165, 1.54) is 0 Å². The van der Waals surface area contributed by atoms with Crippen LogP contribution in [0.25, 0.3) is 0 Å². The number of benzene rings is 1. The largest absolute Gasteiger partial charge is 0.480 e. The Kier molecular flexibility index (Phi) is 4.46. The van der Waals surface area contributed by atoms with Crippen molar-refractivity contribution >= 4 is 5.97 Å². The van der Waals surface area contributed by atoms with E-state index < -0.39 is 12.1 Å². The topological polar surface area (TPSA) is 60.8 Å². The van der Waals surface area contributed by atoms with Crippen LogP contribution in [0.1, 0.15) is 18.6 Å². The van der Waals surface area contributed by atoms with E-state index in [1.807, 2.05) is 30.3 Å². The van der Waals surface area contributed by atoms with Gasteiger partial charge in [-0.2, -0.15) is 0 Å². The molecule has 0 aliphatic carbocycles. The molecule has 0 aliphatic heterocycles. The Hall–Kier alpha value is -1.39. The molecule has 0 spiro atoms. The fourth-order valence-electron chi connectivity index (χ4n) is 1.53. The summed E-state index contributed by atoms with van der Waals surface area (Å²) in [5, 5.41) is 18.7. The molecule has 2 atom stereocenters. The van der Waals surface area contributed by atoms with E-state index in [0.29, 0.717) is 0 Å². The molecule has 2 N–H and O–H groups in total. The summed E-state index contributed by atoms with van der Waals surface area (Å²) in [5.74, 6) is -0.894. The minimum atomic E-state index is -0.894. The molecule has 16 heavy (non-hydrogen) atoms. The number of carboxylic acid groups (broad SMARTS) is 1. The maximum Gasteiger partial charge on any atom is 0.317 e. The third-order valence-electron chi connectivity index (χ3n) is 2.68. The first-order valence-electron chi connectivity index (χ1n) is 5.17. The van der Waals surface area contributed by atoms with Crippen LogP contribution in [-0.4, -0.2) is 40.7 Å². The van der Waals surface area contributed by atoms with Crippen molar-refractivity contribution in [3.05, 3.63) is 35.9 Å². The Morgan fingerprint density at radius 1 is 1.38 bits per heavy atom. The van der Waals surface area contributed by atoms with Gasteiger partial charge in [0.05, 0.1) is 12.6 Å². The van der Waals surface area contributed by atoms with E-state index >= 15 is 0 Å². The Labute approximate surface area is 95.1 Å². The molecule has 0 saturated heterocycles. The number of aliphatic carboxylic acids is 1. The molecule has 88 valence electrons. The van der Waals surface area contributed by atoms with Crippen LogP contribution in [0.5, 0.6) is 0 Å². The van der Waals surface area contributed by atoms with E-state index in [1.54, 1.807) is 18.9 Å². The van der Waals surface area contributed by atoms with Crippen LogP contribution < -0.4 is 0 Å².